The van der Waals surface area contributed by atoms with Crippen LogP contribution in [0.3, 0.4) is 0 Å². The van der Waals surface area contributed by atoms with Crippen molar-refractivity contribution in [1.29, 1.82) is 0 Å². The predicted octanol–water partition coefficient (Wildman–Crippen LogP) is 3.07. The van der Waals surface area contributed by atoms with Gasteiger partial charge in [-0.1, -0.05) is 36.4 Å². The molecule has 0 aliphatic carbocycles. The lowest BCUT2D eigenvalue weighted by Crippen LogP contribution is -2.40. The van der Waals surface area contributed by atoms with Crippen LogP contribution in [-0.4, -0.2) is 43.0 Å². The minimum atomic E-state index is -0.0905. The van der Waals surface area contributed by atoms with Gasteiger partial charge in [0.2, 0.25) is 5.91 Å². The fourth-order valence-electron chi connectivity index (χ4n) is 3.97. The van der Waals surface area contributed by atoms with Gasteiger partial charge in [-0.2, -0.15) is 0 Å². The molecule has 1 atom stereocenters. The molecule has 3 amide bonds. The number of piperidine rings is 1. The standard InChI is InChI=1S/C22H26N4O2/c27-21(18-8-5-12-25(16-18)15-17-6-2-1-3-7-17)24-19-9-4-10-20(14-19)26-13-11-23-22(26)28/h1-4,6-7,9-10,14,18H,5,8,11-13,15-16H2,(H,23,28)(H,24,27)/t18-/m1/s1. The van der Waals surface area contributed by atoms with Gasteiger partial charge >= 0.3 is 6.03 Å². The van der Waals surface area contributed by atoms with Crippen LogP contribution < -0.4 is 15.5 Å². The lowest BCUT2D eigenvalue weighted by atomic mass is 9.96. The van der Waals surface area contributed by atoms with Crippen molar-refractivity contribution in [3.05, 3.63) is 60.2 Å². The van der Waals surface area contributed by atoms with E-state index in [1.165, 1.54) is 5.56 Å². The quantitative estimate of drug-likeness (QED) is 0.840. The number of anilines is 2. The van der Waals surface area contributed by atoms with Crippen LogP contribution in [0.5, 0.6) is 0 Å². The summed E-state index contributed by atoms with van der Waals surface area (Å²) in [6, 6.07) is 17.8. The molecule has 0 spiro atoms. The van der Waals surface area contributed by atoms with E-state index in [9.17, 15) is 9.59 Å². The molecule has 2 N–H and O–H groups in total. The highest BCUT2D eigenvalue weighted by molar-refractivity contribution is 5.96. The monoisotopic (exact) mass is 378 g/mol. The Morgan fingerprint density at radius 1 is 1.11 bits per heavy atom. The highest BCUT2D eigenvalue weighted by atomic mass is 16.2. The topological polar surface area (TPSA) is 64.7 Å². The van der Waals surface area contributed by atoms with Crippen molar-refractivity contribution in [1.82, 2.24) is 10.2 Å². The van der Waals surface area contributed by atoms with Crippen LogP contribution in [0.25, 0.3) is 0 Å². The van der Waals surface area contributed by atoms with Crippen LogP contribution in [0.1, 0.15) is 18.4 Å². The van der Waals surface area contributed by atoms with E-state index in [0.717, 1.165) is 43.9 Å². The number of amides is 3. The molecule has 146 valence electrons. The van der Waals surface area contributed by atoms with Gasteiger partial charge in [0, 0.05) is 37.6 Å². The molecule has 0 radical (unpaired) electrons. The molecule has 2 fully saturated rings. The van der Waals surface area contributed by atoms with Gasteiger partial charge in [0.1, 0.15) is 0 Å². The second kappa shape index (κ2) is 8.44. The SMILES string of the molecule is O=C(Nc1cccc(N2CCNC2=O)c1)[C@@H]1CCCN(Cc2ccccc2)C1. The van der Waals surface area contributed by atoms with Crippen molar-refractivity contribution in [2.75, 3.05) is 36.4 Å². The molecule has 28 heavy (non-hydrogen) atoms. The van der Waals surface area contributed by atoms with Crippen molar-refractivity contribution >= 4 is 23.3 Å². The smallest absolute Gasteiger partial charge is 0.321 e. The number of carbonyl (C=O) groups is 2. The summed E-state index contributed by atoms with van der Waals surface area (Å²) in [5, 5.41) is 5.85. The largest absolute Gasteiger partial charge is 0.336 e. The predicted molar refractivity (Wildman–Crippen MR) is 110 cm³/mol. The summed E-state index contributed by atoms with van der Waals surface area (Å²) in [5.41, 5.74) is 2.82. The Balaban J connectivity index is 1.37. The molecule has 2 saturated heterocycles. The summed E-state index contributed by atoms with van der Waals surface area (Å²) in [6.45, 7) is 3.97. The molecule has 2 heterocycles. The maximum Gasteiger partial charge on any atom is 0.321 e. The third kappa shape index (κ3) is 4.34. The van der Waals surface area contributed by atoms with Crippen LogP contribution in [-0.2, 0) is 11.3 Å². The second-order valence-corrected chi connectivity index (χ2v) is 7.48. The van der Waals surface area contributed by atoms with E-state index in [2.05, 4.69) is 39.8 Å². The van der Waals surface area contributed by atoms with Crippen molar-refractivity contribution < 1.29 is 9.59 Å². The van der Waals surface area contributed by atoms with E-state index in [1.54, 1.807) is 4.90 Å². The van der Waals surface area contributed by atoms with Crippen LogP contribution in [0, 0.1) is 5.92 Å². The van der Waals surface area contributed by atoms with Gasteiger partial charge in [0.25, 0.3) is 0 Å². The van der Waals surface area contributed by atoms with E-state index < -0.39 is 0 Å². The molecule has 2 aromatic carbocycles. The molecule has 0 saturated carbocycles. The zero-order valence-corrected chi connectivity index (χ0v) is 15.9. The zero-order valence-electron chi connectivity index (χ0n) is 15.9. The number of urea groups is 1. The van der Waals surface area contributed by atoms with E-state index >= 15 is 0 Å². The lowest BCUT2D eigenvalue weighted by molar-refractivity contribution is -0.121. The number of hydrogen-bond donors (Lipinski definition) is 2. The second-order valence-electron chi connectivity index (χ2n) is 7.48. The van der Waals surface area contributed by atoms with Gasteiger partial charge < -0.3 is 10.6 Å². The number of likely N-dealkylation sites (tertiary alicyclic amines) is 1. The Bertz CT molecular complexity index is 839. The molecule has 0 bridgehead atoms. The van der Waals surface area contributed by atoms with Gasteiger partial charge in [-0.05, 0) is 43.1 Å². The highest BCUT2D eigenvalue weighted by Crippen LogP contribution is 2.24. The lowest BCUT2D eigenvalue weighted by Gasteiger charge is -2.32. The summed E-state index contributed by atoms with van der Waals surface area (Å²) >= 11 is 0. The van der Waals surface area contributed by atoms with Crippen LogP contribution in [0.2, 0.25) is 0 Å². The summed E-state index contributed by atoms with van der Waals surface area (Å²) in [5.74, 6) is 0.0389. The average Bonchev–Trinajstić information content (AvgIpc) is 3.15. The Morgan fingerprint density at radius 2 is 1.96 bits per heavy atom. The normalized spacial score (nSPS) is 20.1. The molecule has 6 heteroatoms. The third-order valence-corrected chi connectivity index (χ3v) is 5.41. The summed E-state index contributed by atoms with van der Waals surface area (Å²) in [4.78, 5) is 28.7. The van der Waals surface area contributed by atoms with E-state index in [4.69, 9.17) is 0 Å². The van der Waals surface area contributed by atoms with Gasteiger partial charge in [0.05, 0.1) is 5.92 Å². The number of hydrogen-bond acceptors (Lipinski definition) is 3. The van der Waals surface area contributed by atoms with E-state index in [1.807, 2.05) is 30.3 Å². The minimum Gasteiger partial charge on any atom is -0.336 e. The first-order valence-electron chi connectivity index (χ1n) is 9.91. The van der Waals surface area contributed by atoms with Crippen molar-refractivity contribution in [2.24, 2.45) is 5.92 Å². The first-order chi connectivity index (χ1) is 13.7. The molecule has 0 unspecified atom stereocenters. The van der Waals surface area contributed by atoms with Gasteiger partial charge in [0.15, 0.2) is 0 Å². The number of nitrogens with zero attached hydrogens (tertiary/aromatic N) is 2. The molecule has 0 aromatic heterocycles. The maximum atomic E-state index is 12.8. The fourth-order valence-corrected chi connectivity index (χ4v) is 3.97. The molecule has 2 aliphatic heterocycles. The molecular weight excluding hydrogens is 352 g/mol. The van der Waals surface area contributed by atoms with Crippen LogP contribution >= 0.6 is 0 Å². The summed E-state index contributed by atoms with van der Waals surface area (Å²) < 4.78 is 0. The maximum absolute atomic E-state index is 12.8. The first-order valence-corrected chi connectivity index (χ1v) is 9.91. The third-order valence-electron chi connectivity index (χ3n) is 5.41. The molecule has 2 aromatic rings. The number of rotatable bonds is 5. The first kappa shape index (κ1) is 18.5. The van der Waals surface area contributed by atoms with Gasteiger partial charge in [-0.25, -0.2) is 4.79 Å². The Labute approximate surface area is 165 Å². The Kier molecular flexibility index (Phi) is 5.58. The van der Waals surface area contributed by atoms with Crippen molar-refractivity contribution in [2.45, 2.75) is 19.4 Å². The minimum absolute atomic E-state index is 0.0174. The number of benzene rings is 2. The van der Waals surface area contributed by atoms with Crippen molar-refractivity contribution in [3.63, 3.8) is 0 Å². The summed E-state index contributed by atoms with van der Waals surface area (Å²) in [7, 11) is 0. The van der Waals surface area contributed by atoms with Gasteiger partial charge in [-0.15, -0.1) is 0 Å². The van der Waals surface area contributed by atoms with Crippen LogP contribution in [0.15, 0.2) is 54.6 Å². The average molecular weight is 378 g/mol. The number of nitrogens with one attached hydrogen (secondary N) is 2. The molecular formula is C22H26N4O2. The molecule has 4 rings (SSSR count). The fraction of sp³-hybridized carbons (Fsp3) is 0.364. The van der Waals surface area contributed by atoms with E-state index in [0.29, 0.717) is 13.1 Å². The summed E-state index contributed by atoms with van der Waals surface area (Å²) in [6.07, 6.45) is 1.93. The van der Waals surface area contributed by atoms with Crippen molar-refractivity contribution in [3.8, 4) is 0 Å². The van der Waals surface area contributed by atoms with E-state index in [-0.39, 0.29) is 17.9 Å². The van der Waals surface area contributed by atoms with Gasteiger partial charge in [-0.3, -0.25) is 14.6 Å². The van der Waals surface area contributed by atoms with Crippen LogP contribution in [0.4, 0.5) is 16.2 Å². The Morgan fingerprint density at radius 3 is 2.75 bits per heavy atom. The zero-order chi connectivity index (χ0) is 19.3. The molecule has 2 aliphatic rings. The molecule has 6 nitrogen and oxygen atoms in total. The Hall–Kier alpha value is -2.86. The highest BCUT2D eigenvalue weighted by Gasteiger charge is 2.26. The number of carbonyl (C=O) groups excluding carboxylic acids is 2.